The summed E-state index contributed by atoms with van der Waals surface area (Å²) in [7, 11) is 0. The van der Waals surface area contributed by atoms with Crippen molar-refractivity contribution in [3.8, 4) is 11.4 Å². The molecule has 6 nitrogen and oxygen atoms in total. The highest BCUT2D eigenvalue weighted by molar-refractivity contribution is 7.10. The van der Waals surface area contributed by atoms with Gasteiger partial charge in [-0.05, 0) is 12.8 Å². The summed E-state index contributed by atoms with van der Waals surface area (Å²) in [4.78, 5) is 16.2. The zero-order valence-corrected chi connectivity index (χ0v) is 14.4. The highest BCUT2D eigenvalue weighted by Gasteiger charge is 2.11. The van der Waals surface area contributed by atoms with Crippen LogP contribution in [0.3, 0.4) is 0 Å². The van der Waals surface area contributed by atoms with Crippen molar-refractivity contribution in [3.63, 3.8) is 0 Å². The van der Waals surface area contributed by atoms with E-state index in [1.54, 1.807) is 0 Å². The van der Waals surface area contributed by atoms with E-state index < -0.39 is 0 Å². The molecule has 7 heteroatoms. The van der Waals surface area contributed by atoms with E-state index in [1.165, 1.54) is 0 Å². The highest BCUT2D eigenvalue weighted by Crippen LogP contribution is 2.20. The molecule has 2 aromatic rings. The number of nitrogens with one attached hydrogen (secondary N) is 2. The van der Waals surface area contributed by atoms with Crippen LogP contribution in [-0.2, 0) is 4.74 Å². The van der Waals surface area contributed by atoms with Gasteiger partial charge in [-0.1, -0.05) is 44.2 Å². The minimum absolute atomic E-state index is 0.0738. The van der Waals surface area contributed by atoms with Crippen LogP contribution in [0.5, 0.6) is 0 Å². The summed E-state index contributed by atoms with van der Waals surface area (Å²) in [6.45, 7) is 7.24. The fourth-order valence-electron chi connectivity index (χ4n) is 1.86. The maximum absolute atomic E-state index is 11.9. The summed E-state index contributed by atoms with van der Waals surface area (Å²) in [6, 6.07) is 9.27. The zero-order valence-electron chi connectivity index (χ0n) is 13.6. The Morgan fingerprint density at radius 3 is 2.65 bits per heavy atom. The van der Waals surface area contributed by atoms with Crippen molar-refractivity contribution in [2.24, 2.45) is 5.92 Å². The molecule has 0 aliphatic heterocycles. The van der Waals surface area contributed by atoms with Gasteiger partial charge >= 0.3 is 6.03 Å². The monoisotopic (exact) mass is 334 g/mol. The molecule has 1 aromatic heterocycles. The number of rotatable bonds is 7. The lowest BCUT2D eigenvalue weighted by Gasteiger charge is -2.15. The molecule has 0 bridgehead atoms. The third-order valence-electron chi connectivity index (χ3n) is 2.88. The number of carbonyl (C=O) groups is 1. The normalized spacial score (nSPS) is 12.2. The van der Waals surface area contributed by atoms with Gasteiger partial charge < -0.3 is 10.1 Å². The molecule has 23 heavy (non-hydrogen) atoms. The molecule has 0 aliphatic carbocycles. The number of aromatic nitrogens is 2. The summed E-state index contributed by atoms with van der Waals surface area (Å²) >= 11 is 1.16. The molecule has 0 fully saturated rings. The lowest BCUT2D eigenvalue weighted by atomic mass is 10.2. The number of hydrogen-bond donors (Lipinski definition) is 2. The first-order valence-corrected chi connectivity index (χ1v) is 8.36. The molecular weight excluding hydrogens is 312 g/mol. The van der Waals surface area contributed by atoms with E-state index in [2.05, 4.69) is 33.8 Å². The van der Waals surface area contributed by atoms with E-state index in [4.69, 9.17) is 4.74 Å². The van der Waals surface area contributed by atoms with E-state index in [0.717, 1.165) is 17.1 Å². The van der Waals surface area contributed by atoms with Crippen LogP contribution in [0.1, 0.15) is 20.8 Å². The van der Waals surface area contributed by atoms with Gasteiger partial charge in [0.15, 0.2) is 5.82 Å². The van der Waals surface area contributed by atoms with Crippen LogP contribution in [0.25, 0.3) is 11.4 Å². The molecule has 2 amide bonds. The zero-order chi connectivity index (χ0) is 16.7. The number of anilines is 1. The third-order valence-corrected chi connectivity index (χ3v) is 3.51. The minimum atomic E-state index is -0.304. The molecule has 0 saturated carbocycles. The first-order valence-electron chi connectivity index (χ1n) is 7.59. The molecule has 1 heterocycles. The van der Waals surface area contributed by atoms with E-state index in [9.17, 15) is 4.79 Å². The molecule has 0 radical (unpaired) electrons. The smallest absolute Gasteiger partial charge is 0.321 e. The van der Waals surface area contributed by atoms with Crippen LogP contribution in [0.15, 0.2) is 30.3 Å². The van der Waals surface area contributed by atoms with E-state index >= 15 is 0 Å². The van der Waals surface area contributed by atoms with Gasteiger partial charge in [-0.25, -0.2) is 4.79 Å². The Kier molecular flexibility index (Phi) is 6.49. The summed E-state index contributed by atoms with van der Waals surface area (Å²) < 4.78 is 9.75. The van der Waals surface area contributed by atoms with Gasteiger partial charge in [0.25, 0.3) is 0 Å². The number of amides is 2. The van der Waals surface area contributed by atoms with E-state index in [-0.39, 0.29) is 12.1 Å². The van der Waals surface area contributed by atoms with Crippen molar-refractivity contribution in [2.75, 3.05) is 18.5 Å². The Morgan fingerprint density at radius 2 is 1.96 bits per heavy atom. The Labute approximate surface area is 140 Å². The van der Waals surface area contributed by atoms with Crippen LogP contribution in [0.2, 0.25) is 0 Å². The van der Waals surface area contributed by atoms with Crippen molar-refractivity contribution >= 4 is 22.7 Å². The van der Waals surface area contributed by atoms with Crippen molar-refractivity contribution in [1.82, 2.24) is 14.7 Å². The first kappa shape index (κ1) is 17.4. The summed E-state index contributed by atoms with van der Waals surface area (Å²) in [6.07, 6.45) is 0. The van der Waals surface area contributed by atoms with Crippen LogP contribution in [0, 0.1) is 5.92 Å². The molecule has 0 saturated heterocycles. The average molecular weight is 334 g/mol. The van der Waals surface area contributed by atoms with Crippen molar-refractivity contribution in [3.05, 3.63) is 30.3 Å². The molecule has 0 unspecified atom stereocenters. The van der Waals surface area contributed by atoms with Gasteiger partial charge in [-0.3, -0.25) is 5.32 Å². The number of ether oxygens (including phenoxy) is 1. The molecule has 1 atom stereocenters. The molecule has 1 aromatic carbocycles. The number of benzene rings is 1. The Morgan fingerprint density at radius 1 is 1.22 bits per heavy atom. The topological polar surface area (TPSA) is 76.1 Å². The molecule has 124 valence electrons. The van der Waals surface area contributed by atoms with Crippen molar-refractivity contribution < 1.29 is 9.53 Å². The predicted octanol–water partition coefficient (Wildman–Crippen LogP) is 3.39. The molecule has 0 spiro atoms. The maximum Gasteiger partial charge on any atom is 0.321 e. The summed E-state index contributed by atoms with van der Waals surface area (Å²) in [5.74, 6) is 1.09. The number of hydrogen-bond acceptors (Lipinski definition) is 5. The summed E-state index contributed by atoms with van der Waals surface area (Å²) in [5.41, 5.74) is 0.924. The Hall–Kier alpha value is -1.99. The number of carbonyl (C=O) groups excluding carboxylic acids is 1. The van der Waals surface area contributed by atoms with Crippen LogP contribution < -0.4 is 10.6 Å². The van der Waals surface area contributed by atoms with Crippen LogP contribution in [0.4, 0.5) is 9.93 Å². The Bertz CT molecular complexity index is 616. The fraction of sp³-hybridized carbons (Fsp3) is 0.438. The van der Waals surface area contributed by atoms with Crippen LogP contribution in [-0.4, -0.2) is 34.6 Å². The molecular formula is C16H22N4O2S. The van der Waals surface area contributed by atoms with Gasteiger partial charge in [0.1, 0.15) is 0 Å². The molecule has 2 N–H and O–H groups in total. The third kappa shape index (κ3) is 5.96. The maximum atomic E-state index is 11.9. The van der Waals surface area contributed by atoms with Gasteiger partial charge in [0.2, 0.25) is 5.13 Å². The van der Waals surface area contributed by atoms with E-state index in [0.29, 0.717) is 30.1 Å². The first-order chi connectivity index (χ1) is 11.0. The largest absolute Gasteiger partial charge is 0.379 e. The molecule has 0 aliphatic rings. The van der Waals surface area contributed by atoms with Crippen LogP contribution >= 0.6 is 11.5 Å². The quantitative estimate of drug-likeness (QED) is 0.814. The van der Waals surface area contributed by atoms with Gasteiger partial charge in [0, 0.05) is 23.7 Å². The second-order valence-corrected chi connectivity index (χ2v) is 6.47. The van der Waals surface area contributed by atoms with Gasteiger partial charge in [-0.15, -0.1) is 0 Å². The lowest BCUT2D eigenvalue weighted by Crippen LogP contribution is -2.39. The molecule has 2 rings (SSSR count). The standard InChI is InChI=1S/C16H22N4O2S/c1-11(2)9-22-10-12(3)17-15(21)19-16-18-14(20-23-16)13-7-5-4-6-8-13/h4-8,11-12H,9-10H2,1-3H3,(H2,17,18,19,20,21)/t12-/m1/s1. The van der Waals surface area contributed by atoms with E-state index in [1.807, 2.05) is 37.3 Å². The van der Waals surface area contributed by atoms with Crippen molar-refractivity contribution in [2.45, 2.75) is 26.8 Å². The average Bonchev–Trinajstić information content (AvgIpc) is 2.96. The minimum Gasteiger partial charge on any atom is -0.379 e. The second kappa shape index (κ2) is 8.59. The fourth-order valence-corrected chi connectivity index (χ4v) is 2.44. The van der Waals surface area contributed by atoms with Gasteiger partial charge in [0.05, 0.1) is 12.6 Å². The Balaban J connectivity index is 1.80. The SMILES string of the molecule is CC(C)COC[C@@H](C)NC(=O)Nc1nc(-c2ccccc2)ns1. The number of nitrogens with zero attached hydrogens (tertiary/aromatic N) is 2. The predicted molar refractivity (Wildman–Crippen MR) is 92.6 cm³/mol. The lowest BCUT2D eigenvalue weighted by molar-refractivity contribution is 0.0960. The number of urea groups is 1. The van der Waals surface area contributed by atoms with Gasteiger partial charge in [-0.2, -0.15) is 9.36 Å². The second-order valence-electron chi connectivity index (χ2n) is 5.72. The highest BCUT2D eigenvalue weighted by atomic mass is 32.1. The van der Waals surface area contributed by atoms with Crippen molar-refractivity contribution in [1.29, 1.82) is 0 Å². The summed E-state index contributed by atoms with van der Waals surface area (Å²) in [5, 5.41) is 5.99.